The quantitative estimate of drug-likeness (QED) is 0.529. The highest BCUT2D eigenvalue weighted by molar-refractivity contribution is 9.10. The van der Waals surface area contributed by atoms with Gasteiger partial charge in [-0.25, -0.2) is 0 Å². The first-order valence-electron chi connectivity index (χ1n) is 9.17. The third kappa shape index (κ3) is 4.99. The summed E-state index contributed by atoms with van der Waals surface area (Å²) in [5.74, 6) is 0.688. The van der Waals surface area contributed by atoms with Crippen molar-refractivity contribution in [1.82, 2.24) is 5.32 Å². The topological polar surface area (TPSA) is 76.7 Å². The third-order valence-electron chi connectivity index (χ3n) is 4.47. The molecule has 0 fully saturated rings. The van der Waals surface area contributed by atoms with Crippen LogP contribution in [0.5, 0.6) is 11.5 Å². The van der Waals surface area contributed by atoms with E-state index in [4.69, 9.17) is 9.47 Å². The molecule has 0 aromatic heterocycles. The number of para-hydroxylation sites is 1. The van der Waals surface area contributed by atoms with Crippen molar-refractivity contribution >= 4 is 33.4 Å². The molecule has 3 rings (SSSR count). The number of nitrogens with one attached hydrogen (secondary N) is 2. The van der Waals surface area contributed by atoms with Gasteiger partial charge in [-0.1, -0.05) is 24.3 Å². The fraction of sp³-hybridized carbons (Fsp3) is 0.130. The van der Waals surface area contributed by atoms with Crippen LogP contribution in [0.3, 0.4) is 0 Å². The van der Waals surface area contributed by atoms with Gasteiger partial charge in [0.2, 0.25) is 0 Å². The molecule has 154 valence electrons. The van der Waals surface area contributed by atoms with Crippen LogP contribution in [0.4, 0.5) is 5.69 Å². The Kier molecular flexibility index (Phi) is 7.08. The van der Waals surface area contributed by atoms with Crippen LogP contribution in [0.1, 0.15) is 26.3 Å². The molecule has 0 aliphatic heterocycles. The molecule has 0 heterocycles. The first kappa shape index (κ1) is 21.4. The molecule has 3 aromatic carbocycles. The average Bonchev–Trinajstić information content (AvgIpc) is 2.77. The molecular weight excluding hydrogens is 448 g/mol. The van der Waals surface area contributed by atoms with Crippen molar-refractivity contribution in [2.75, 3.05) is 19.5 Å². The number of halogens is 1. The molecule has 3 aromatic rings. The summed E-state index contributed by atoms with van der Waals surface area (Å²) >= 11 is 3.37. The van der Waals surface area contributed by atoms with Gasteiger partial charge in [0.15, 0.2) is 0 Å². The van der Waals surface area contributed by atoms with E-state index >= 15 is 0 Å². The minimum Gasteiger partial charge on any atom is -0.497 e. The fourth-order valence-corrected chi connectivity index (χ4v) is 3.38. The number of carbonyl (C=O) groups is 2. The van der Waals surface area contributed by atoms with Gasteiger partial charge in [0.05, 0.1) is 31.0 Å². The number of rotatable bonds is 7. The zero-order valence-corrected chi connectivity index (χ0v) is 18.2. The highest BCUT2D eigenvalue weighted by Crippen LogP contribution is 2.24. The van der Waals surface area contributed by atoms with Crippen molar-refractivity contribution in [2.24, 2.45) is 0 Å². The summed E-state index contributed by atoms with van der Waals surface area (Å²) < 4.78 is 11.3. The maximum Gasteiger partial charge on any atom is 0.256 e. The minimum absolute atomic E-state index is 0.242. The molecule has 0 aliphatic rings. The van der Waals surface area contributed by atoms with Crippen LogP contribution >= 0.6 is 15.9 Å². The van der Waals surface area contributed by atoms with Crippen molar-refractivity contribution in [3.8, 4) is 11.5 Å². The van der Waals surface area contributed by atoms with E-state index in [0.29, 0.717) is 32.8 Å². The smallest absolute Gasteiger partial charge is 0.256 e. The molecule has 0 atom stereocenters. The Morgan fingerprint density at radius 2 is 1.57 bits per heavy atom. The van der Waals surface area contributed by atoms with Gasteiger partial charge in [-0.05, 0) is 58.4 Å². The summed E-state index contributed by atoms with van der Waals surface area (Å²) in [6.07, 6.45) is 0. The predicted molar refractivity (Wildman–Crippen MR) is 119 cm³/mol. The SMILES string of the molecule is COc1ccc(OC)c(CNC(=O)c2ccccc2NC(=O)c2ccccc2Br)c1. The van der Waals surface area contributed by atoms with Crippen molar-refractivity contribution in [3.05, 3.63) is 87.9 Å². The van der Waals surface area contributed by atoms with Gasteiger partial charge in [0.25, 0.3) is 11.8 Å². The molecule has 0 bridgehead atoms. The average molecular weight is 469 g/mol. The van der Waals surface area contributed by atoms with Crippen LogP contribution in [0.25, 0.3) is 0 Å². The third-order valence-corrected chi connectivity index (χ3v) is 5.16. The van der Waals surface area contributed by atoms with Gasteiger partial charge in [0.1, 0.15) is 11.5 Å². The summed E-state index contributed by atoms with van der Waals surface area (Å²) in [6.45, 7) is 0.242. The van der Waals surface area contributed by atoms with Crippen LogP contribution in [0.15, 0.2) is 71.2 Å². The Bertz CT molecular complexity index is 1070. The number of hydrogen-bond acceptors (Lipinski definition) is 4. The normalized spacial score (nSPS) is 10.2. The molecule has 2 amide bonds. The lowest BCUT2D eigenvalue weighted by Crippen LogP contribution is -2.25. The van der Waals surface area contributed by atoms with E-state index in [-0.39, 0.29) is 18.4 Å². The standard InChI is InChI=1S/C23H21BrN2O4/c1-29-16-11-12-21(30-2)15(13-16)14-25-22(27)18-8-4-6-10-20(18)26-23(28)17-7-3-5-9-19(17)24/h3-13H,14H2,1-2H3,(H,25,27)(H,26,28). The molecule has 6 nitrogen and oxygen atoms in total. The first-order chi connectivity index (χ1) is 14.5. The number of hydrogen-bond donors (Lipinski definition) is 2. The first-order valence-corrected chi connectivity index (χ1v) is 9.96. The Morgan fingerprint density at radius 3 is 2.27 bits per heavy atom. The van der Waals surface area contributed by atoms with Crippen LogP contribution in [-0.4, -0.2) is 26.0 Å². The molecule has 0 radical (unpaired) electrons. The molecule has 0 saturated heterocycles. The van der Waals surface area contributed by atoms with Gasteiger partial charge >= 0.3 is 0 Å². The second kappa shape index (κ2) is 9.93. The number of methoxy groups -OCH3 is 2. The highest BCUT2D eigenvalue weighted by atomic mass is 79.9. The molecule has 0 aliphatic carbocycles. The predicted octanol–water partition coefficient (Wildman–Crippen LogP) is 4.65. The highest BCUT2D eigenvalue weighted by Gasteiger charge is 2.16. The van der Waals surface area contributed by atoms with Crippen molar-refractivity contribution in [3.63, 3.8) is 0 Å². The molecule has 0 unspecified atom stereocenters. The maximum absolute atomic E-state index is 12.8. The van der Waals surface area contributed by atoms with Gasteiger partial charge < -0.3 is 20.1 Å². The van der Waals surface area contributed by atoms with E-state index in [9.17, 15) is 9.59 Å². The number of carbonyl (C=O) groups excluding carboxylic acids is 2. The van der Waals surface area contributed by atoms with Crippen LogP contribution < -0.4 is 20.1 Å². The zero-order chi connectivity index (χ0) is 21.5. The Labute approximate surface area is 183 Å². The molecule has 30 heavy (non-hydrogen) atoms. The lowest BCUT2D eigenvalue weighted by molar-refractivity contribution is 0.0951. The zero-order valence-electron chi connectivity index (χ0n) is 16.6. The lowest BCUT2D eigenvalue weighted by atomic mass is 10.1. The molecule has 0 saturated carbocycles. The molecular formula is C23H21BrN2O4. The van der Waals surface area contributed by atoms with Crippen molar-refractivity contribution < 1.29 is 19.1 Å². The Morgan fingerprint density at radius 1 is 0.867 bits per heavy atom. The van der Waals surface area contributed by atoms with Crippen LogP contribution in [0.2, 0.25) is 0 Å². The van der Waals surface area contributed by atoms with E-state index in [0.717, 1.165) is 5.56 Å². The summed E-state index contributed by atoms with van der Waals surface area (Å²) in [6, 6.07) is 19.3. The van der Waals surface area contributed by atoms with E-state index in [1.54, 1.807) is 74.9 Å². The monoisotopic (exact) mass is 468 g/mol. The van der Waals surface area contributed by atoms with E-state index < -0.39 is 0 Å². The number of benzene rings is 3. The van der Waals surface area contributed by atoms with E-state index in [2.05, 4.69) is 26.6 Å². The largest absolute Gasteiger partial charge is 0.497 e. The second-order valence-electron chi connectivity index (χ2n) is 6.34. The van der Waals surface area contributed by atoms with Gasteiger partial charge in [0, 0.05) is 16.6 Å². The number of anilines is 1. The van der Waals surface area contributed by atoms with Crippen molar-refractivity contribution in [2.45, 2.75) is 6.54 Å². The van der Waals surface area contributed by atoms with Crippen LogP contribution in [0, 0.1) is 0 Å². The second-order valence-corrected chi connectivity index (χ2v) is 7.19. The summed E-state index contributed by atoms with van der Waals surface area (Å²) in [5, 5.41) is 5.68. The van der Waals surface area contributed by atoms with Gasteiger partial charge in [-0.2, -0.15) is 0 Å². The molecule has 0 spiro atoms. The maximum atomic E-state index is 12.8. The van der Waals surface area contributed by atoms with Gasteiger partial charge in [-0.15, -0.1) is 0 Å². The summed E-state index contributed by atoms with van der Waals surface area (Å²) in [7, 11) is 3.15. The molecule has 2 N–H and O–H groups in total. The van der Waals surface area contributed by atoms with Crippen LogP contribution in [-0.2, 0) is 6.54 Å². The van der Waals surface area contributed by atoms with Gasteiger partial charge in [-0.3, -0.25) is 9.59 Å². The van der Waals surface area contributed by atoms with Crippen molar-refractivity contribution in [1.29, 1.82) is 0 Å². The Hall–Kier alpha value is -3.32. The van der Waals surface area contributed by atoms with E-state index in [1.807, 2.05) is 6.07 Å². The lowest BCUT2D eigenvalue weighted by Gasteiger charge is -2.14. The summed E-state index contributed by atoms with van der Waals surface area (Å²) in [4.78, 5) is 25.5. The molecule has 7 heteroatoms. The number of ether oxygens (including phenoxy) is 2. The summed E-state index contributed by atoms with van der Waals surface area (Å²) in [5.41, 5.74) is 2.04. The Balaban J connectivity index is 1.76. The minimum atomic E-state index is -0.317. The number of amides is 2. The fourth-order valence-electron chi connectivity index (χ4n) is 2.92. The van der Waals surface area contributed by atoms with E-state index in [1.165, 1.54) is 0 Å².